The predicted molar refractivity (Wildman–Crippen MR) is 100 cm³/mol. The van der Waals surface area contributed by atoms with Crippen molar-refractivity contribution < 1.29 is 9.47 Å². The third-order valence-electron chi connectivity index (χ3n) is 4.35. The zero-order valence-corrected chi connectivity index (χ0v) is 15.0. The lowest BCUT2D eigenvalue weighted by Gasteiger charge is -2.23. The van der Waals surface area contributed by atoms with Gasteiger partial charge in [-0.25, -0.2) is 0 Å². The number of methoxy groups -OCH3 is 1. The van der Waals surface area contributed by atoms with Gasteiger partial charge < -0.3 is 19.7 Å². The molecule has 1 atom stereocenters. The molecular weight excluding hydrogens is 314 g/mol. The second-order valence-corrected chi connectivity index (χ2v) is 6.18. The summed E-state index contributed by atoms with van der Waals surface area (Å²) < 4.78 is 11.2. The highest BCUT2D eigenvalue weighted by molar-refractivity contribution is 5.79. The first kappa shape index (κ1) is 17.1. The van der Waals surface area contributed by atoms with E-state index >= 15 is 0 Å². The Morgan fingerprint density at radius 3 is 2.68 bits per heavy atom. The maximum absolute atomic E-state index is 5.98. The molecule has 1 aliphatic rings. The second kappa shape index (κ2) is 7.92. The average molecular weight is 339 g/mol. The van der Waals surface area contributed by atoms with Gasteiger partial charge in [-0.2, -0.15) is 0 Å². The van der Waals surface area contributed by atoms with E-state index in [0.717, 1.165) is 37.0 Å². The summed E-state index contributed by atoms with van der Waals surface area (Å²) in [6, 6.07) is 16.3. The number of nitrogens with one attached hydrogen (secondary N) is 1. The quantitative estimate of drug-likeness (QED) is 0.672. The molecular formula is C20H25N3O2. The van der Waals surface area contributed by atoms with E-state index in [1.165, 1.54) is 11.1 Å². The van der Waals surface area contributed by atoms with Gasteiger partial charge in [0.1, 0.15) is 17.6 Å². The van der Waals surface area contributed by atoms with E-state index in [2.05, 4.69) is 39.5 Å². The zero-order chi connectivity index (χ0) is 17.6. The molecule has 132 valence electrons. The maximum Gasteiger partial charge on any atom is 0.193 e. The first-order valence-electron chi connectivity index (χ1n) is 8.49. The van der Waals surface area contributed by atoms with E-state index in [1.54, 1.807) is 14.2 Å². The molecule has 0 aliphatic carbocycles. The molecule has 0 saturated carbocycles. The van der Waals surface area contributed by atoms with Gasteiger partial charge in [-0.05, 0) is 29.3 Å². The molecule has 25 heavy (non-hydrogen) atoms. The van der Waals surface area contributed by atoms with Crippen LogP contribution < -0.4 is 14.8 Å². The molecule has 2 aromatic rings. The number of hydrogen-bond acceptors (Lipinski definition) is 3. The van der Waals surface area contributed by atoms with Crippen LogP contribution in [0.1, 0.15) is 11.1 Å². The topological polar surface area (TPSA) is 46.1 Å². The lowest BCUT2D eigenvalue weighted by molar-refractivity contribution is 0.233. The first-order valence-corrected chi connectivity index (χ1v) is 8.49. The number of rotatable bonds is 5. The summed E-state index contributed by atoms with van der Waals surface area (Å²) in [6.07, 6.45) is 1.08. The Bertz CT molecular complexity index is 703. The molecule has 1 heterocycles. The Labute approximate surface area is 149 Å². The monoisotopic (exact) mass is 339 g/mol. The second-order valence-electron chi connectivity index (χ2n) is 6.18. The summed E-state index contributed by atoms with van der Waals surface area (Å²) in [5, 5.41) is 3.42. The van der Waals surface area contributed by atoms with Crippen LogP contribution in [0.2, 0.25) is 0 Å². The summed E-state index contributed by atoms with van der Waals surface area (Å²) in [4.78, 5) is 6.48. The lowest BCUT2D eigenvalue weighted by atomic mass is 10.1. The molecule has 0 aromatic heterocycles. The van der Waals surface area contributed by atoms with Crippen LogP contribution in [-0.4, -0.2) is 44.7 Å². The standard InChI is InChI=1S/C20H25N3O2/c1-21-20(23(2)14-15-8-10-17(24-3)11-9-15)22-13-18-12-16-6-4-5-7-19(16)25-18/h4-11,18H,12-14H2,1-3H3,(H,21,22). The van der Waals surface area contributed by atoms with Gasteiger partial charge in [0, 0.05) is 27.1 Å². The van der Waals surface area contributed by atoms with Crippen molar-refractivity contribution in [1.82, 2.24) is 10.2 Å². The van der Waals surface area contributed by atoms with Crippen LogP contribution in [-0.2, 0) is 13.0 Å². The molecule has 0 bridgehead atoms. The van der Waals surface area contributed by atoms with E-state index in [9.17, 15) is 0 Å². The summed E-state index contributed by atoms with van der Waals surface area (Å²) in [6.45, 7) is 1.50. The highest BCUT2D eigenvalue weighted by Crippen LogP contribution is 2.27. The van der Waals surface area contributed by atoms with Gasteiger partial charge in [-0.1, -0.05) is 30.3 Å². The van der Waals surface area contributed by atoms with E-state index in [4.69, 9.17) is 9.47 Å². The molecule has 0 saturated heterocycles. The van der Waals surface area contributed by atoms with Crippen LogP contribution in [0.15, 0.2) is 53.5 Å². The molecule has 5 nitrogen and oxygen atoms in total. The van der Waals surface area contributed by atoms with Crippen molar-refractivity contribution in [3.05, 3.63) is 59.7 Å². The first-order chi connectivity index (χ1) is 12.2. The van der Waals surface area contributed by atoms with Crippen molar-refractivity contribution in [3.63, 3.8) is 0 Å². The Kier molecular flexibility index (Phi) is 5.43. The van der Waals surface area contributed by atoms with Crippen LogP contribution in [0, 0.1) is 0 Å². The van der Waals surface area contributed by atoms with Crippen molar-refractivity contribution in [2.24, 2.45) is 4.99 Å². The zero-order valence-electron chi connectivity index (χ0n) is 15.0. The number of ether oxygens (including phenoxy) is 2. The van der Waals surface area contributed by atoms with Gasteiger partial charge in [0.25, 0.3) is 0 Å². The molecule has 3 rings (SSSR count). The molecule has 1 N–H and O–H groups in total. The van der Waals surface area contributed by atoms with Crippen LogP contribution in [0.5, 0.6) is 11.5 Å². The molecule has 1 unspecified atom stereocenters. The van der Waals surface area contributed by atoms with E-state index in [-0.39, 0.29) is 6.10 Å². The fourth-order valence-electron chi connectivity index (χ4n) is 3.04. The van der Waals surface area contributed by atoms with Gasteiger partial charge in [0.15, 0.2) is 5.96 Å². The van der Waals surface area contributed by atoms with Crippen molar-refractivity contribution in [1.29, 1.82) is 0 Å². The third kappa shape index (κ3) is 4.24. The molecule has 0 fully saturated rings. The van der Waals surface area contributed by atoms with Crippen molar-refractivity contribution >= 4 is 5.96 Å². The fourth-order valence-corrected chi connectivity index (χ4v) is 3.04. The number of aliphatic imine (C=N–C) groups is 1. The molecule has 0 spiro atoms. The van der Waals surface area contributed by atoms with Crippen LogP contribution in [0.4, 0.5) is 0 Å². The summed E-state index contributed by atoms with van der Waals surface area (Å²) in [5.74, 6) is 2.72. The van der Waals surface area contributed by atoms with Crippen molar-refractivity contribution in [2.45, 2.75) is 19.1 Å². The number of hydrogen-bond donors (Lipinski definition) is 1. The van der Waals surface area contributed by atoms with Gasteiger partial charge in [0.2, 0.25) is 0 Å². The lowest BCUT2D eigenvalue weighted by Crippen LogP contribution is -2.42. The maximum atomic E-state index is 5.98. The van der Waals surface area contributed by atoms with E-state index < -0.39 is 0 Å². The van der Waals surface area contributed by atoms with Crippen LogP contribution >= 0.6 is 0 Å². The smallest absolute Gasteiger partial charge is 0.193 e. The van der Waals surface area contributed by atoms with Crippen LogP contribution in [0.25, 0.3) is 0 Å². The number of nitrogens with zero attached hydrogens (tertiary/aromatic N) is 2. The normalized spacial score (nSPS) is 16.1. The fraction of sp³-hybridized carbons (Fsp3) is 0.350. The number of para-hydroxylation sites is 1. The van der Waals surface area contributed by atoms with Gasteiger partial charge in [0.05, 0.1) is 13.7 Å². The minimum atomic E-state index is 0.142. The predicted octanol–water partition coefficient (Wildman–Crippen LogP) is 2.71. The SMILES string of the molecule is CN=C(NCC1Cc2ccccc2O1)N(C)Cc1ccc(OC)cc1. The van der Waals surface area contributed by atoms with Gasteiger partial charge in [-0.15, -0.1) is 0 Å². The summed E-state index contributed by atoms with van der Waals surface area (Å²) in [5.41, 5.74) is 2.48. The summed E-state index contributed by atoms with van der Waals surface area (Å²) >= 11 is 0. The van der Waals surface area contributed by atoms with Crippen molar-refractivity contribution in [2.75, 3.05) is 27.7 Å². The molecule has 1 aliphatic heterocycles. The Hall–Kier alpha value is -2.69. The van der Waals surface area contributed by atoms with Crippen molar-refractivity contribution in [3.8, 4) is 11.5 Å². The highest BCUT2D eigenvalue weighted by atomic mass is 16.5. The number of benzene rings is 2. The number of guanidine groups is 1. The van der Waals surface area contributed by atoms with Gasteiger partial charge in [-0.3, -0.25) is 4.99 Å². The third-order valence-corrected chi connectivity index (χ3v) is 4.35. The largest absolute Gasteiger partial charge is 0.497 e. The molecule has 0 radical (unpaired) electrons. The average Bonchev–Trinajstić information content (AvgIpc) is 3.05. The Balaban J connectivity index is 1.52. The highest BCUT2D eigenvalue weighted by Gasteiger charge is 2.22. The minimum absolute atomic E-state index is 0.142. The van der Waals surface area contributed by atoms with Gasteiger partial charge >= 0.3 is 0 Å². The molecule has 0 amide bonds. The van der Waals surface area contributed by atoms with E-state index in [1.807, 2.05) is 31.3 Å². The molecule has 5 heteroatoms. The van der Waals surface area contributed by atoms with Crippen LogP contribution in [0.3, 0.4) is 0 Å². The minimum Gasteiger partial charge on any atom is -0.497 e. The number of fused-ring (bicyclic) bond motifs is 1. The summed E-state index contributed by atoms with van der Waals surface area (Å²) in [7, 11) is 5.51. The Morgan fingerprint density at radius 2 is 2.00 bits per heavy atom. The van der Waals surface area contributed by atoms with E-state index in [0.29, 0.717) is 0 Å². The molecule has 2 aromatic carbocycles. The Morgan fingerprint density at radius 1 is 1.24 bits per heavy atom.